The third-order valence-electron chi connectivity index (χ3n) is 6.57. The van der Waals surface area contributed by atoms with Gasteiger partial charge in [-0.2, -0.15) is 25.9 Å². The van der Waals surface area contributed by atoms with Crippen molar-refractivity contribution in [2.24, 2.45) is 0 Å². The third-order valence-corrected chi connectivity index (χ3v) is 13.9. The van der Waals surface area contributed by atoms with Crippen LogP contribution in [0.15, 0.2) is 48.5 Å². The average molecular weight is 544 g/mol. The molecule has 11 heteroatoms. The van der Waals surface area contributed by atoms with Gasteiger partial charge in [-0.05, 0) is 29.3 Å². The SMILES string of the molecule is CN(C)S(=O)(=O)n1c([Si](C)(C)C(C)(C)C)nc(-c2ccc(Cl)cc2)c1-c1ccc(C(F)(F)F)cc1. The van der Waals surface area contributed by atoms with Crippen LogP contribution < -0.4 is 5.45 Å². The Kier molecular flexibility index (Phi) is 7.11. The largest absolute Gasteiger partial charge is 0.416 e. The van der Waals surface area contributed by atoms with Gasteiger partial charge in [0.25, 0.3) is 0 Å². The Bertz CT molecular complexity index is 1330. The van der Waals surface area contributed by atoms with Gasteiger partial charge in [-0.25, -0.2) is 8.96 Å². The first-order chi connectivity index (χ1) is 15.9. The normalized spacial score (nSPS) is 13.5. The van der Waals surface area contributed by atoms with Crippen LogP contribution in [0.3, 0.4) is 0 Å². The number of halogens is 4. The highest BCUT2D eigenvalue weighted by Crippen LogP contribution is 2.40. The minimum atomic E-state index is -4.51. The Balaban J connectivity index is 2.50. The van der Waals surface area contributed by atoms with Crippen molar-refractivity contribution in [1.82, 2.24) is 13.3 Å². The Morgan fingerprint density at radius 1 is 0.914 bits per heavy atom. The van der Waals surface area contributed by atoms with E-state index in [1.807, 2.05) is 33.9 Å². The molecule has 3 rings (SSSR count). The zero-order chi connectivity index (χ0) is 26.6. The van der Waals surface area contributed by atoms with Crippen molar-refractivity contribution in [2.45, 2.75) is 45.1 Å². The lowest BCUT2D eigenvalue weighted by Crippen LogP contribution is -2.56. The smallest absolute Gasteiger partial charge is 0.237 e. The fourth-order valence-electron chi connectivity index (χ4n) is 3.40. The molecule has 35 heavy (non-hydrogen) atoms. The second-order valence-corrected chi connectivity index (χ2v) is 17.8. The highest BCUT2D eigenvalue weighted by molar-refractivity contribution is 7.87. The molecule has 0 spiro atoms. The second kappa shape index (κ2) is 9.06. The minimum absolute atomic E-state index is 0.217. The Morgan fingerprint density at radius 2 is 1.40 bits per heavy atom. The van der Waals surface area contributed by atoms with Crippen LogP contribution in [0.4, 0.5) is 13.2 Å². The minimum Gasteiger partial charge on any atom is -0.237 e. The fraction of sp³-hybridized carbons (Fsp3) is 0.375. The van der Waals surface area contributed by atoms with Gasteiger partial charge in [0.15, 0.2) is 0 Å². The molecule has 0 saturated heterocycles. The van der Waals surface area contributed by atoms with E-state index in [-0.39, 0.29) is 10.7 Å². The zero-order valence-electron chi connectivity index (χ0n) is 20.7. The van der Waals surface area contributed by atoms with E-state index in [2.05, 4.69) is 0 Å². The standard InChI is InChI=1S/C24H29ClF3N3O2SSi/c1-23(2,3)35(6,7)22-29-20(16-10-14-19(25)15-11-16)21(31(22)34(32,33)30(4)5)17-8-12-18(13-9-17)24(26,27)28/h8-15H,1-7H3. The number of imidazole rings is 1. The first kappa shape index (κ1) is 27.4. The van der Waals surface area contributed by atoms with Gasteiger partial charge in [0.2, 0.25) is 0 Å². The van der Waals surface area contributed by atoms with E-state index in [1.54, 1.807) is 24.3 Å². The molecule has 1 heterocycles. The predicted octanol–water partition coefficient (Wildman–Crippen LogP) is 6.26. The summed E-state index contributed by atoms with van der Waals surface area (Å²) in [6, 6.07) is 11.3. The molecule has 0 amide bonds. The maximum atomic E-state index is 13.7. The van der Waals surface area contributed by atoms with Crippen LogP contribution in [0.25, 0.3) is 22.5 Å². The van der Waals surface area contributed by atoms with Crippen molar-refractivity contribution in [2.75, 3.05) is 14.1 Å². The molecule has 0 aliphatic carbocycles. The van der Waals surface area contributed by atoms with E-state index >= 15 is 0 Å². The molecule has 0 unspecified atom stereocenters. The van der Waals surface area contributed by atoms with Gasteiger partial charge in [-0.3, -0.25) is 0 Å². The molecule has 0 N–H and O–H groups in total. The topological polar surface area (TPSA) is 55.2 Å². The second-order valence-electron chi connectivity index (χ2n) is 10.1. The molecule has 0 bridgehead atoms. The number of nitrogens with zero attached hydrogens (tertiary/aromatic N) is 3. The van der Waals surface area contributed by atoms with Crippen LogP contribution in [-0.2, 0) is 16.4 Å². The summed E-state index contributed by atoms with van der Waals surface area (Å²) in [6.07, 6.45) is -4.51. The summed E-state index contributed by atoms with van der Waals surface area (Å²) in [6.45, 7) is 10.2. The van der Waals surface area contributed by atoms with Gasteiger partial charge >= 0.3 is 16.4 Å². The molecule has 0 fully saturated rings. The molecular weight excluding hydrogens is 515 g/mol. The lowest BCUT2D eigenvalue weighted by atomic mass is 10.0. The monoisotopic (exact) mass is 543 g/mol. The highest BCUT2D eigenvalue weighted by atomic mass is 35.5. The summed E-state index contributed by atoms with van der Waals surface area (Å²) in [5.74, 6) is 0. The van der Waals surface area contributed by atoms with Crippen molar-refractivity contribution in [1.29, 1.82) is 0 Å². The average Bonchev–Trinajstić information content (AvgIpc) is 3.15. The summed E-state index contributed by atoms with van der Waals surface area (Å²) in [7, 11) is -3.82. The summed E-state index contributed by atoms with van der Waals surface area (Å²) in [5, 5.41) is 0.224. The van der Waals surface area contributed by atoms with Crippen molar-refractivity contribution in [3.63, 3.8) is 0 Å². The molecule has 0 atom stereocenters. The first-order valence-electron chi connectivity index (χ1n) is 10.9. The van der Waals surface area contributed by atoms with E-state index in [1.165, 1.54) is 30.2 Å². The van der Waals surface area contributed by atoms with Crippen LogP contribution in [0.2, 0.25) is 23.2 Å². The molecule has 0 saturated carbocycles. The van der Waals surface area contributed by atoms with E-state index in [4.69, 9.17) is 16.6 Å². The van der Waals surface area contributed by atoms with Crippen molar-refractivity contribution in [3.05, 3.63) is 59.1 Å². The predicted molar refractivity (Wildman–Crippen MR) is 138 cm³/mol. The number of rotatable bonds is 5. The zero-order valence-corrected chi connectivity index (χ0v) is 23.3. The van der Waals surface area contributed by atoms with Crippen molar-refractivity contribution >= 4 is 35.3 Å². The van der Waals surface area contributed by atoms with Crippen LogP contribution in [0.5, 0.6) is 0 Å². The fourth-order valence-corrected chi connectivity index (χ4v) is 7.25. The van der Waals surface area contributed by atoms with E-state index in [0.717, 1.165) is 16.4 Å². The molecule has 5 nitrogen and oxygen atoms in total. The van der Waals surface area contributed by atoms with Crippen LogP contribution in [0, 0.1) is 0 Å². The molecule has 0 radical (unpaired) electrons. The van der Waals surface area contributed by atoms with E-state index in [9.17, 15) is 21.6 Å². The molecule has 190 valence electrons. The maximum Gasteiger partial charge on any atom is 0.416 e. The lowest BCUT2D eigenvalue weighted by Gasteiger charge is -2.36. The van der Waals surface area contributed by atoms with Gasteiger partial charge in [0, 0.05) is 30.2 Å². The summed E-state index contributed by atoms with van der Waals surface area (Å²) >= 11 is 6.07. The maximum absolute atomic E-state index is 13.7. The van der Waals surface area contributed by atoms with Crippen LogP contribution in [-0.4, -0.2) is 43.8 Å². The van der Waals surface area contributed by atoms with Gasteiger partial charge in [-0.1, -0.05) is 69.7 Å². The summed E-state index contributed by atoms with van der Waals surface area (Å²) in [5.41, 5.74) is 1.10. The molecule has 0 aliphatic rings. The van der Waals surface area contributed by atoms with Gasteiger partial charge in [0.05, 0.1) is 17.0 Å². The molecule has 0 aliphatic heterocycles. The number of alkyl halides is 3. The van der Waals surface area contributed by atoms with Gasteiger partial charge in [-0.15, -0.1) is 0 Å². The molecular formula is C24H29ClF3N3O2SSi. The summed E-state index contributed by atoms with van der Waals surface area (Å²) in [4.78, 5) is 4.90. The Labute approximate surface area is 210 Å². The van der Waals surface area contributed by atoms with Crippen LogP contribution >= 0.6 is 11.6 Å². The Hall–Kier alpha value is -2.14. The Morgan fingerprint density at radius 3 is 1.83 bits per heavy atom. The highest BCUT2D eigenvalue weighted by Gasteiger charge is 2.45. The van der Waals surface area contributed by atoms with Crippen molar-refractivity contribution in [3.8, 4) is 22.5 Å². The quantitative estimate of drug-likeness (QED) is 0.357. The van der Waals surface area contributed by atoms with Gasteiger partial charge in [0.1, 0.15) is 13.5 Å². The number of hydrogen-bond donors (Lipinski definition) is 0. The molecule has 1 aromatic heterocycles. The first-order valence-corrected chi connectivity index (χ1v) is 15.7. The number of hydrogen-bond acceptors (Lipinski definition) is 3. The van der Waals surface area contributed by atoms with Crippen LogP contribution in [0.1, 0.15) is 26.3 Å². The van der Waals surface area contributed by atoms with E-state index in [0.29, 0.717) is 27.3 Å². The number of aromatic nitrogens is 2. The molecule has 3 aromatic rings. The third kappa shape index (κ3) is 5.07. The van der Waals surface area contributed by atoms with Crippen molar-refractivity contribution < 1.29 is 21.6 Å². The van der Waals surface area contributed by atoms with E-state index < -0.39 is 30.0 Å². The molecule has 2 aromatic carbocycles. The lowest BCUT2D eigenvalue weighted by molar-refractivity contribution is -0.137. The number of benzene rings is 2. The summed E-state index contributed by atoms with van der Waals surface area (Å²) < 4.78 is 69.5. The van der Waals surface area contributed by atoms with Gasteiger partial charge < -0.3 is 0 Å².